The zero-order valence-corrected chi connectivity index (χ0v) is 11.3. The van der Waals surface area contributed by atoms with Crippen LogP contribution in [-0.2, 0) is 9.53 Å². The molecule has 0 bridgehead atoms. The van der Waals surface area contributed by atoms with Gasteiger partial charge < -0.3 is 20.7 Å². The van der Waals surface area contributed by atoms with E-state index in [1.165, 1.54) is 0 Å². The Morgan fingerprint density at radius 1 is 1.68 bits per heavy atom. The molecular weight excluding hydrogens is 244 g/mol. The molecule has 1 amide bonds. The Hall–Kier alpha value is -1.82. The molecule has 0 aromatic carbocycles. The molecule has 1 aromatic heterocycles. The Balaban J connectivity index is 2.23. The first-order valence-corrected chi connectivity index (χ1v) is 6.47. The standard InChI is InChI=1S/C13H20N4O2/c1-3-15-13(18)11-8-19-5-4-17(11)12-6-9(2)10(14)7-16-12/h6-7,11H,3-5,8,14H2,1-2H3,(H,15,18). The van der Waals surface area contributed by atoms with E-state index >= 15 is 0 Å². The molecule has 3 N–H and O–H groups in total. The molecule has 1 atom stereocenters. The summed E-state index contributed by atoms with van der Waals surface area (Å²) in [5.41, 5.74) is 7.40. The largest absolute Gasteiger partial charge is 0.397 e. The topological polar surface area (TPSA) is 80.5 Å². The molecule has 6 heteroatoms. The second-order valence-electron chi connectivity index (χ2n) is 4.58. The zero-order chi connectivity index (χ0) is 13.8. The number of nitrogen functional groups attached to an aromatic ring is 1. The Morgan fingerprint density at radius 3 is 3.16 bits per heavy atom. The number of pyridine rings is 1. The van der Waals surface area contributed by atoms with Gasteiger partial charge in [-0.3, -0.25) is 4.79 Å². The van der Waals surface area contributed by atoms with Crippen LogP contribution in [0.4, 0.5) is 11.5 Å². The van der Waals surface area contributed by atoms with Gasteiger partial charge in [0.2, 0.25) is 5.91 Å². The SMILES string of the molecule is CCNC(=O)C1COCCN1c1cc(C)c(N)cn1. The first-order valence-electron chi connectivity index (χ1n) is 6.47. The number of likely N-dealkylation sites (N-methyl/N-ethyl adjacent to an activating group) is 1. The maximum absolute atomic E-state index is 12.0. The molecule has 6 nitrogen and oxygen atoms in total. The molecule has 0 radical (unpaired) electrons. The lowest BCUT2D eigenvalue weighted by molar-refractivity contribution is -0.124. The molecule has 1 saturated heterocycles. The van der Waals surface area contributed by atoms with Gasteiger partial charge in [-0.05, 0) is 25.5 Å². The first-order chi connectivity index (χ1) is 9.13. The van der Waals surface area contributed by atoms with Crippen molar-refractivity contribution in [3.8, 4) is 0 Å². The molecule has 0 saturated carbocycles. The summed E-state index contributed by atoms with van der Waals surface area (Å²) in [6.45, 7) is 6.08. The smallest absolute Gasteiger partial charge is 0.245 e. The molecule has 104 valence electrons. The van der Waals surface area contributed by atoms with Crippen LogP contribution in [0.5, 0.6) is 0 Å². The number of nitrogens with zero attached hydrogens (tertiary/aromatic N) is 2. The predicted octanol–water partition coefficient (Wildman–Crippen LogP) is 0.314. The molecule has 1 unspecified atom stereocenters. The van der Waals surface area contributed by atoms with E-state index in [9.17, 15) is 4.79 Å². The highest BCUT2D eigenvalue weighted by molar-refractivity contribution is 5.85. The highest BCUT2D eigenvalue weighted by Crippen LogP contribution is 2.21. The van der Waals surface area contributed by atoms with Gasteiger partial charge in [0.1, 0.15) is 11.9 Å². The third-order valence-corrected chi connectivity index (χ3v) is 3.21. The summed E-state index contributed by atoms with van der Waals surface area (Å²) in [4.78, 5) is 18.3. The lowest BCUT2D eigenvalue weighted by atomic mass is 10.2. The minimum Gasteiger partial charge on any atom is -0.397 e. The quantitative estimate of drug-likeness (QED) is 0.821. The summed E-state index contributed by atoms with van der Waals surface area (Å²) < 4.78 is 5.40. The van der Waals surface area contributed by atoms with Crippen molar-refractivity contribution < 1.29 is 9.53 Å². The number of carbonyl (C=O) groups excluding carboxylic acids is 1. The number of carbonyl (C=O) groups is 1. The minimum absolute atomic E-state index is 0.0292. The number of amides is 1. The van der Waals surface area contributed by atoms with Gasteiger partial charge in [0.05, 0.1) is 25.1 Å². The van der Waals surface area contributed by atoms with E-state index in [0.717, 1.165) is 11.4 Å². The lowest BCUT2D eigenvalue weighted by Gasteiger charge is -2.35. The lowest BCUT2D eigenvalue weighted by Crippen LogP contribution is -2.54. The Labute approximate surface area is 112 Å². The van der Waals surface area contributed by atoms with Crippen LogP contribution in [0.2, 0.25) is 0 Å². The van der Waals surface area contributed by atoms with Gasteiger partial charge in [-0.15, -0.1) is 0 Å². The van der Waals surface area contributed by atoms with E-state index in [1.807, 2.05) is 24.8 Å². The second kappa shape index (κ2) is 5.88. The van der Waals surface area contributed by atoms with Gasteiger partial charge in [-0.25, -0.2) is 4.98 Å². The van der Waals surface area contributed by atoms with E-state index in [4.69, 9.17) is 10.5 Å². The Kier molecular flexibility index (Phi) is 4.21. The molecule has 1 aromatic rings. The summed E-state index contributed by atoms with van der Waals surface area (Å²) in [5.74, 6) is 0.740. The number of hydrogen-bond acceptors (Lipinski definition) is 5. The second-order valence-corrected chi connectivity index (χ2v) is 4.58. The van der Waals surface area contributed by atoms with Crippen LogP contribution in [0.15, 0.2) is 12.3 Å². The zero-order valence-electron chi connectivity index (χ0n) is 11.3. The van der Waals surface area contributed by atoms with Crippen LogP contribution in [0, 0.1) is 6.92 Å². The van der Waals surface area contributed by atoms with E-state index in [0.29, 0.717) is 32.0 Å². The van der Waals surface area contributed by atoms with Crippen molar-refractivity contribution >= 4 is 17.4 Å². The number of nitrogens with two attached hydrogens (primary N) is 1. The predicted molar refractivity (Wildman–Crippen MR) is 74.0 cm³/mol. The fourth-order valence-corrected chi connectivity index (χ4v) is 2.10. The highest BCUT2D eigenvalue weighted by atomic mass is 16.5. The van der Waals surface area contributed by atoms with Crippen molar-refractivity contribution in [3.63, 3.8) is 0 Å². The van der Waals surface area contributed by atoms with Crippen LogP contribution in [0.25, 0.3) is 0 Å². The van der Waals surface area contributed by atoms with Gasteiger partial charge in [0.25, 0.3) is 0 Å². The first kappa shape index (κ1) is 13.6. The summed E-state index contributed by atoms with van der Waals surface area (Å²) in [6.07, 6.45) is 1.63. The third-order valence-electron chi connectivity index (χ3n) is 3.21. The van der Waals surface area contributed by atoms with Gasteiger partial charge in [0, 0.05) is 13.1 Å². The molecule has 2 rings (SSSR count). The van der Waals surface area contributed by atoms with Crippen molar-refractivity contribution in [2.75, 3.05) is 36.9 Å². The molecular formula is C13H20N4O2. The molecule has 1 aliphatic heterocycles. The minimum atomic E-state index is -0.329. The number of hydrogen-bond donors (Lipinski definition) is 2. The summed E-state index contributed by atoms with van der Waals surface area (Å²) in [7, 11) is 0. The van der Waals surface area contributed by atoms with Crippen molar-refractivity contribution in [2.24, 2.45) is 0 Å². The number of nitrogens with one attached hydrogen (secondary N) is 1. The highest BCUT2D eigenvalue weighted by Gasteiger charge is 2.30. The Bertz CT molecular complexity index is 464. The average molecular weight is 264 g/mol. The number of aryl methyl sites for hydroxylation is 1. The van der Waals surface area contributed by atoms with Gasteiger partial charge in [0.15, 0.2) is 0 Å². The van der Waals surface area contributed by atoms with Crippen molar-refractivity contribution in [1.29, 1.82) is 0 Å². The molecule has 0 aliphatic carbocycles. The number of aromatic nitrogens is 1. The van der Waals surface area contributed by atoms with Gasteiger partial charge >= 0.3 is 0 Å². The normalized spacial score (nSPS) is 19.3. The summed E-state index contributed by atoms with van der Waals surface area (Å²) >= 11 is 0. The van der Waals surface area contributed by atoms with E-state index in [1.54, 1.807) is 6.20 Å². The molecule has 1 fully saturated rings. The van der Waals surface area contributed by atoms with Crippen molar-refractivity contribution in [2.45, 2.75) is 19.9 Å². The van der Waals surface area contributed by atoms with Gasteiger partial charge in [-0.1, -0.05) is 0 Å². The van der Waals surface area contributed by atoms with E-state index in [-0.39, 0.29) is 11.9 Å². The maximum atomic E-state index is 12.0. The van der Waals surface area contributed by atoms with Crippen LogP contribution >= 0.6 is 0 Å². The van der Waals surface area contributed by atoms with E-state index in [2.05, 4.69) is 10.3 Å². The monoisotopic (exact) mass is 264 g/mol. The van der Waals surface area contributed by atoms with Crippen LogP contribution in [0.3, 0.4) is 0 Å². The number of rotatable bonds is 3. The van der Waals surface area contributed by atoms with E-state index < -0.39 is 0 Å². The average Bonchev–Trinajstić information content (AvgIpc) is 2.42. The maximum Gasteiger partial charge on any atom is 0.245 e. The fraction of sp³-hybridized carbons (Fsp3) is 0.538. The number of ether oxygens (including phenoxy) is 1. The Morgan fingerprint density at radius 2 is 2.47 bits per heavy atom. The number of anilines is 2. The molecule has 0 spiro atoms. The summed E-state index contributed by atoms with van der Waals surface area (Å²) in [5, 5.41) is 2.83. The van der Waals surface area contributed by atoms with Crippen LogP contribution in [0.1, 0.15) is 12.5 Å². The van der Waals surface area contributed by atoms with Crippen molar-refractivity contribution in [3.05, 3.63) is 17.8 Å². The molecule has 1 aliphatic rings. The number of morpholine rings is 1. The summed E-state index contributed by atoms with van der Waals surface area (Å²) in [6, 6.07) is 1.58. The van der Waals surface area contributed by atoms with Crippen LogP contribution in [-0.4, -0.2) is 43.2 Å². The van der Waals surface area contributed by atoms with Gasteiger partial charge in [-0.2, -0.15) is 0 Å². The third kappa shape index (κ3) is 2.96. The van der Waals surface area contributed by atoms with Crippen molar-refractivity contribution in [1.82, 2.24) is 10.3 Å². The molecule has 19 heavy (non-hydrogen) atoms. The molecule has 2 heterocycles. The fourth-order valence-electron chi connectivity index (χ4n) is 2.10. The van der Waals surface area contributed by atoms with Crippen LogP contribution < -0.4 is 16.0 Å².